The Morgan fingerprint density at radius 3 is 2.53 bits per heavy atom. The van der Waals surface area contributed by atoms with Crippen molar-refractivity contribution in [3.63, 3.8) is 0 Å². The van der Waals surface area contributed by atoms with E-state index in [2.05, 4.69) is 11.8 Å². The zero-order chi connectivity index (χ0) is 22.3. The molecule has 6 nitrogen and oxygen atoms in total. The highest BCUT2D eigenvalue weighted by Crippen LogP contribution is 2.36. The van der Waals surface area contributed by atoms with Crippen LogP contribution in [0.1, 0.15) is 37.3 Å². The molecular weight excluding hydrogens is 464 g/mol. The Morgan fingerprint density at radius 2 is 1.84 bits per heavy atom. The lowest BCUT2D eigenvalue weighted by Crippen LogP contribution is -2.48. The number of sulfonamides is 1. The van der Waals surface area contributed by atoms with E-state index in [4.69, 9.17) is 16.7 Å². The van der Waals surface area contributed by atoms with Crippen LogP contribution in [0.2, 0.25) is 5.02 Å². The van der Waals surface area contributed by atoms with Gasteiger partial charge in [0.15, 0.2) is 0 Å². The maximum absolute atomic E-state index is 13.7. The summed E-state index contributed by atoms with van der Waals surface area (Å²) in [7, 11) is -3.65. The van der Waals surface area contributed by atoms with Crippen LogP contribution in [0.4, 0.5) is 5.69 Å². The predicted molar refractivity (Wildman–Crippen MR) is 130 cm³/mol. The van der Waals surface area contributed by atoms with Crippen molar-refractivity contribution in [2.45, 2.75) is 43.5 Å². The average Bonchev–Trinajstić information content (AvgIpc) is 3.55. The molecule has 1 aliphatic heterocycles. The number of piperazine rings is 1. The largest absolute Gasteiger partial charge is 0.369 e. The fourth-order valence-electron chi connectivity index (χ4n) is 4.74. The van der Waals surface area contributed by atoms with E-state index in [1.54, 1.807) is 10.5 Å². The molecule has 3 aromatic rings. The molecule has 0 atom stereocenters. The Hall–Kier alpha value is -1.87. The maximum atomic E-state index is 13.7. The van der Waals surface area contributed by atoms with Crippen molar-refractivity contribution >= 4 is 38.6 Å². The fraction of sp³-hybridized carbons (Fsp3) is 0.435. The predicted octanol–water partition coefficient (Wildman–Crippen LogP) is 5.20. The second-order valence-electron chi connectivity index (χ2n) is 8.56. The van der Waals surface area contributed by atoms with Crippen LogP contribution in [0.25, 0.3) is 10.6 Å². The van der Waals surface area contributed by atoms with Gasteiger partial charge in [-0.05, 0) is 48.9 Å². The number of rotatable bonds is 5. The first-order chi connectivity index (χ1) is 15.4. The Balaban J connectivity index is 1.42. The van der Waals surface area contributed by atoms with E-state index >= 15 is 0 Å². The van der Waals surface area contributed by atoms with Crippen LogP contribution in [-0.2, 0) is 10.0 Å². The topological polar surface area (TPSA) is 58.4 Å². The fourth-order valence-corrected chi connectivity index (χ4v) is 7.25. The van der Waals surface area contributed by atoms with Crippen LogP contribution in [0.15, 0.2) is 46.8 Å². The van der Waals surface area contributed by atoms with Crippen LogP contribution in [-0.4, -0.2) is 48.7 Å². The van der Waals surface area contributed by atoms with Gasteiger partial charge in [0.25, 0.3) is 0 Å². The Morgan fingerprint density at radius 1 is 1.09 bits per heavy atom. The summed E-state index contributed by atoms with van der Waals surface area (Å²) in [5.74, 6) is 0. The van der Waals surface area contributed by atoms with Gasteiger partial charge in [-0.25, -0.2) is 8.42 Å². The van der Waals surface area contributed by atoms with E-state index < -0.39 is 10.0 Å². The highest BCUT2D eigenvalue weighted by molar-refractivity contribution is 7.89. The highest BCUT2D eigenvalue weighted by Gasteiger charge is 2.34. The SMILES string of the molecule is Cc1ccc(Cl)cc1N1CCN(S(=O)(=O)c2cn(C3CCCC3)nc2-c2cccs2)CC1. The molecule has 2 aliphatic rings. The van der Waals surface area contributed by atoms with Crippen molar-refractivity contribution in [2.75, 3.05) is 31.1 Å². The summed E-state index contributed by atoms with van der Waals surface area (Å²) < 4.78 is 31.0. The number of aromatic nitrogens is 2. The lowest BCUT2D eigenvalue weighted by atomic mass is 10.1. The number of thiophene rings is 1. The lowest BCUT2D eigenvalue weighted by molar-refractivity contribution is 0.384. The van der Waals surface area contributed by atoms with Gasteiger partial charge in [0.05, 0.1) is 10.9 Å². The minimum Gasteiger partial charge on any atom is -0.369 e. The zero-order valence-electron chi connectivity index (χ0n) is 18.1. The Kier molecular flexibility index (Phi) is 6.05. The van der Waals surface area contributed by atoms with Gasteiger partial charge < -0.3 is 4.90 Å². The molecule has 5 rings (SSSR count). The third-order valence-electron chi connectivity index (χ3n) is 6.52. The summed E-state index contributed by atoms with van der Waals surface area (Å²) in [6, 6.07) is 10.0. The van der Waals surface area contributed by atoms with Gasteiger partial charge in [-0.2, -0.15) is 9.40 Å². The quantitative estimate of drug-likeness (QED) is 0.493. The van der Waals surface area contributed by atoms with Crippen LogP contribution in [0.3, 0.4) is 0 Å². The molecule has 0 radical (unpaired) electrons. The van der Waals surface area contributed by atoms with Crippen molar-refractivity contribution in [3.05, 3.63) is 52.5 Å². The summed E-state index contributed by atoms with van der Waals surface area (Å²) in [6.45, 7) is 4.19. The van der Waals surface area contributed by atoms with E-state index in [0.29, 0.717) is 47.8 Å². The second-order valence-corrected chi connectivity index (χ2v) is 11.8. The van der Waals surface area contributed by atoms with Crippen molar-refractivity contribution in [3.8, 4) is 10.6 Å². The van der Waals surface area contributed by atoms with Crippen molar-refractivity contribution in [2.24, 2.45) is 0 Å². The van der Waals surface area contributed by atoms with Crippen molar-refractivity contribution < 1.29 is 8.42 Å². The third-order valence-corrected chi connectivity index (χ3v) is 9.53. The molecule has 1 saturated carbocycles. The van der Waals surface area contributed by atoms with Crippen LogP contribution in [0.5, 0.6) is 0 Å². The van der Waals surface area contributed by atoms with Gasteiger partial charge in [-0.15, -0.1) is 11.3 Å². The van der Waals surface area contributed by atoms with Gasteiger partial charge in [0, 0.05) is 43.1 Å². The van der Waals surface area contributed by atoms with Gasteiger partial charge in [-0.3, -0.25) is 4.68 Å². The molecule has 9 heteroatoms. The van der Waals surface area contributed by atoms with Crippen LogP contribution >= 0.6 is 22.9 Å². The van der Waals surface area contributed by atoms with Gasteiger partial charge >= 0.3 is 0 Å². The summed E-state index contributed by atoms with van der Waals surface area (Å²) >= 11 is 7.73. The van der Waals surface area contributed by atoms with E-state index in [1.807, 2.05) is 40.4 Å². The summed E-state index contributed by atoms with van der Waals surface area (Å²) in [5.41, 5.74) is 2.80. The molecule has 0 unspecified atom stereocenters. The van der Waals surface area contributed by atoms with Crippen molar-refractivity contribution in [1.82, 2.24) is 14.1 Å². The van der Waals surface area contributed by atoms with E-state index in [0.717, 1.165) is 29.0 Å². The number of nitrogens with zero attached hydrogens (tertiary/aromatic N) is 4. The monoisotopic (exact) mass is 490 g/mol. The van der Waals surface area contributed by atoms with E-state index in [9.17, 15) is 8.42 Å². The molecule has 2 aromatic heterocycles. The first-order valence-corrected chi connectivity index (χ1v) is 13.8. The molecule has 32 heavy (non-hydrogen) atoms. The number of hydrogen-bond donors (Lipinski definition) is 0. The van der Waals surface area contributed by atoms with Gasteiger partial charge in [0.2, 0.25) is 10.0 Å². The summed E-state index contributed by atoms with van der Waals surface area (Å²) in [5, 5.41) is 7.44. The standard InChI is InChI=1S/C23H27ClN4O2S2/c1-17-8-9-18(24)15-20(17)26-10-12-27(13-11-26)32(29,30)22-16-28(19-5-2-3-6-19)25-23(22)21-7-4-14-31-21/h4,7-9,14-16,19H,2-3,5-6,10-13H2,1H3. The lowest BCUT2D eigenvalue weighted by Gasteiger charge is -2.36. The Bertz CT molecular complexity index is 1190. The molecule has 3 heterocycles. The number of hydrogen-bond acceptors (Lipinski definition) is 5. The number of benzene rings is 1. The first-order valence-electron chi connectivity index (χ1n) is 11.1. The second kappa shape index (κ2) is 8.82. The number of aryl methyl sites for hydroxylation is 1. The van der Waals surface area contributed by atoms with Gasteiger partial charge in [0.1, 0.15) is 10.6 Å². The molecule has 0 N–H and O–H groups in total. The summed E-state index contributed by atoms with van der Waals surface area (Å²) in [6.07, 6.45) is 6.23. The summed E-state index contributed by atoms with van der Waals surface area (Å²) in [4.78, 5) is 3.45. The van der Waals surface area contributed by atoms with Crippen LogP contribution < -0.4 is 4.90 Å². The minimum atomic E-state index is -3.65. The van der Waals surface area contributed by atoms with Gasteiger partial charge in [-0.1, -0.05) is 36.6 Å². The molecule has 1 aliphatic carbocycles. The molecule has 0 amide bonds. The normalized spacial score (nSPS) is 18.5. The maximum Gasteiger partial charge on any atom is 0.246 e. The minimum absolute atomic E-state index is 0.292. The molecule has 1 saturated heterocycles. The molecule has 1 aromatic carbocycles. The van der Waals surface area contributed by atoms with E-state index in [-0.39, 0.29) is 0 Å². The number of halogens is 1. The smallest absolute Gasteiger partial charge is 0.246 e. The molecule has 2 fully saturated rings. The molecular formula is C23H27ClN4O2S2. The number of anilines is 1. The van der Waals surface area contributed by atoms with Crippen molar-refractivity contribution in [1.29, 1.82) is 0 Å². The first kappa shape index (κ1) is 21.9. The molecule has 170 valence electrons. The third kappa shape index (κ3) is 4.09. The molecule has 0 bridgehead atoms. The Labute approximate surface area is 198 Å². The zero-order valence-corrected chi connectivity index (χ0v) is 20.5. The van der Waals surface area contributed by atoms with Crippen LogP contribution in [0, 0.1) is 6.92 Å². The highest BCUT2D eigenvalue weighted by atomic mass is 35.5. The van der Waals surface area contributed by atoms with E-state index in [1.165, 1.54) is 24.2 Å². The molecule has 0 spiro atoms. The average molecular weight is 491 g/mol.